The van der Waals surface area contributed by atoms with Crippen molar-refractivity contribution in [2.75, 3.05) is 0 Å². The maximum atomic E-state index is 10.9. The van der Waals surface area contributed by atoms with Crippen LogP contribution in [0.1, 0.15) is 53.7 Å². The summed E-state index contributed by atoms with van der Waals surface area (Å²) in [6.07, 6.45) is 2.14. The molecule has 0 spiro atoms. The van der Waals surface area contributed by atoms with Crippen molar-refractivity contribution < 1.29 is 9.90 Å². The van der Waals surface area contributed by atoms with Crippen LogP contribution < -0.4 is 5.32 Å². The molecule has 1 aromatic rings. The zero-order valence-electron chi connectivity index (χ0n) is 11.0. The van der Waals surface area contributed by atoms with Gasteiger partial charge in [0, 0.05) is 17.0 Å². The number of hydrogen-bond acceptors (Lipinski definition) is 3. The standard InChI is InChI=1S/C13H21NO2S/c1-5-13(4,6-2)14-8-10-7-11(12(15)16)17-9(10)3/h7,14H,5-6,8H2,1-4H3,(H,15,16). The van der Waals surface area contributed by atoms with Crippen LogP contribution >= 0.6 is 11.3 Å². The lowest BCUT2D eigenvalue weighted by Crippen LogP contribution is -2.40. The Morgan fingerprint density at radius 1 is 1.47 bits per heavy atom. The van der Waals surface area contributed by atoms with E-state index in [9.17, 15) is 4.79 Å². The van der Waals surface area contributed by atoms with Gasteiger partial charge in [0.15, 0.2) is 0 Å². The zero-order valence-corrected chi connectivity index (χ0v) is 11.8. The smallest absolute Gasteiger partial charge is 0.345 e. The highest BCUT2D eigenvalue weighted by atomic mass is 32.1. The van der Waals surface area contributed by atoms with Gasteiger partial charge in [0.05, 0.1) is 0 Å². The highest BCUT2D eigenvalue weighted by molar-refractivity contribution is 7.14. The molecular formula is C13H21NO2S. The highest BCUT2D eigenvalue weighted by Crippen LogP contribution is 2.23. The largest absolute Gasteiger partial charge is 0.477 e. The first-order valence-corrected chi connectivity index (χ1v) is 6.81. The Morgan fingerprint density at radius 2 is 2.06 bits per heavy atom. The fraction of sp³-hybridized carbons (Fsp3) is 0.615. The molecule has 4 heteroatoms. The summed E-state index contributed by atoms with van der Waals surface area (Å²) in [6, 6.07) is 1.78. The molecule has 0 amide bonds. The molecule has 0 unspecified atom stereocenters. The average molecular weight is 255 g/mol. The van der Waals surface area contributed by atoms with Gasteiger partial charge in [-0.15, -0.1) is 11.3 Å². The number of nitrogens with one attached hydrogen (secondary N) is 1. The molecule has 96 valence electrons. The maximum Gasteiger partial charge on any atom is 0.345 e. The van der Waals surface area contributed by atoms with Gasteiger partial charge in [0.1, 0.15) is 4.88 Å². The molecule has 0 saturated heterocycles. The van der Waals surface area contributed by atoms with Gasteiger partial charge in [-0.05, 0) is 38.3 Å². The van der Waals surface area contributed by atoms with Crippen molar-refractivity contribution in [3.05, 3.63) is 21.4 Å². The molecule has 0 radical (unpaired) electrons. The Balaban J connectivity index is 2.72. The van der Waals surface area contributed by atoms with E-state index in [4.69, 9.17) is 5.11 Å². The number of hydrogen-bond donors (Lipinski definition) is 2. The molecule has 0 aliphatic heterocycles. The summed E-state index contributed by atoms with van der Waals surface area (Å²) in [5, 5.41) is 12.5. The van der Waals surface area contributed by atoms with Gasteiger partial charge >= 0.3 is 5.97 Å². The number of aromatic carboxylic acids is 1. The molecule has 0 saturated carbocycles. The summed E-state index contributed by atoms with van der Waals surface area (Å²) in [5.74, 6) is -0.835. The number of aryl methyl sites for hydroxylation is 1. The van der Waals surface area contributed by atoms with Crippen molar-refractivity contribution in [3.8, 4) is 0 Å². The Kier molecular flexibility index (Phi) is 4.71. The molecule has 1 heterocycles. The van der Waals surface area contributed by atoms with E-state index in [0.717, 1.165) is 29.8 Å². The van der Waals surface area contributed by atoms with Gasteiger partial charge in [-0.3, -0.25) is 0 Å². The van der Waals surface area contributed by atoms with Crippen LogP contribution in [-0.2, 0) is 6.54 Å². The Labute approximate surface area is 107 Å². The fourth-order valence-electron chi connectivity index (χ4n) is 1.61. The van der Waals surface area contributed by atoms with E-state index in [1.54, 1.807) is 6.07 Å². The predicted molar refractivity (Wildman–Crippen MR) is 71.8 cm³/mol. The second-order valence-electron chi connectivity index (χ2n) is 4.62. The molecular weight excluding hydrogens is 234 g/mol. The monoisotopic (exact) mass is 255 g/mol. The van der Waals surface area contributed by atoms with Gasteiger partial charge in [0.2, 0.25) is 0 Å². The van der Waals surface area contributed by atoms with Crippen molar-refractivity contribution >= 4 is 17.3 Å². The van der Waals surface area contributed by atoms with E-state index >= 15 is 0 Å². The first-order chi connectivity index (χ1) is 7.91. The van der Waals surface area contributed by atoms with Crippen molar-refractivity contribution in [2.45, 2.75) is 52.6 Å². The lowest BCUT2D eigenvalue weighted by atomic mass is 9.95. The normalized spacial score (nSPS) is 11.8. The van der Waals surface area contributed by atoms with E-state index in [0.29, 0.717) is 4.88 Å². The lowest BCUT2D eigenvalue weighted by molar-refractivity contribution is 0.0702. The second-order valence-corrected chi connectivity index (χ2v) is 5.87. The molecule has 2 N–H and O–H groups in total. The van der Waals surface area contributed by atoms with E-state index < -0.39 is 5.97 Å². The van der Waals surface area contributed by atoms with Crippen molar-refractivity contribution in [2.24, 2.45) is 0 Å². The number of thiophene rings is 1. The third kappa shape index (κ3) is 3.54. The summed E-state index contributed by atoms with van der Waals surface area (Å²) in [5.41, 5.74) is 1.23. The Morgan fingerprint density at radius 3 is 2.47 bits per heavy atom. The van der Waals surface area contributed by atoms with Crippen molar-refractivity contribution in [1.82, 2.24) is 5.32 Å². The molecule has 0 aliphatic carbocycles. The quantitative estimate of drug-likeness (QED) is 0.819. The maximum absolute atomic E-state index is 10.9. The summed E-state index contributed by atoms with van der Waals surface area (Å²) >= 11 is 1.35. The minimum absolute atomic E-state index is 0.137. The van der Waals surface area contributed by atoms with Crippen LogP contribution in [0.15, 0.2) is 6.07 Å². The Hall–Kier alpha value is -0.870. The van der Waals surface area contributed by atoms with Crippen molar-refractivity contribution in [3.63, 3.8) is 0 Å². The topological polar surface area (TPSA) is 49.3 Å². The highest BCUT2D eigenvalue weighted by Gasteiger charge is 2.19. The summed E-state index contributed by atoms with van der Waals surface area (Å²) in [7, 11) is 0. The van der Waals surface area contributed by atoms with Crippen LogP contribution in [0.4, 0.5) is 0 Å². The number of carbonyl (C=O) groups is 1. The zero-order chi connectivity index (χ0) is 13.1. The van der Waals surface area contributed by atoms with E-state index in [-0.39, 0.29) is 5.54 Å². The van der Waals surface area contributed by atoms with Gasteiger partial charge in [-0.25, -0.2) is 4.79 Å². The summed E-state index contributed by atoms with van der Waals surface area (Å²) in [4.78, 5) is 12.4. The SMILES string of the molecule is CCC(C)(CC)NCc1cc(C(=O)O)sc1C. The number of rotatable bonds is 6. The van der Waals surface area contributed by atoms with Gasteiger partial charge < -0.3 is 10.4 Å². The van der Waals surface area contributed by atoms with Crippen LogP contribution in [0.2, 0.25) is 0 Å². The third-order valence-electron chi connectivity index (χ3n) is 3.50. The molecule has 0 aliphatic rings. The van der Waals surface area contributed by atoms with Crippen LogP contribution in [0.5, 0.6) is 0 Å². The molecule has 1 aromatic heterocycles. The van der Waals surface area contributed by atoms with Gasteiger partial charge in [-0.2, -0.15) is 0 Å². The molecule has 0 atom stereocenters. The molecule has 17 heavy (non-hydrogen) atoms. The predicted octanol–water partition coefficient (Wildman–Crippen LogP) is 3.42. The lowest BCUT2D eigenvalue weighted by Gasteiger charge is -2.28. The summed E-state index contributed by atoms with van der Waals surface area (Å²) < 4.78 is 0. The Bertz CT molecular complexity index is 394. The average Bonchev–Trinajstić information content (AvgIpc) is 2.68. The molecule has 3 nitrogen and oxygen atoms in total. The number of carboxylic acid groups (broad SMARTS) is 1. The fourth-order valence-corrected chi connectivity index (χ4v) is 2.49. The minimum Gasteiger partial charge on any atom is -0.477 e. The molecule has 0 bridgehead atoms. The molecule has 0 fully saturated rings. The van der Waals surface area contributed by atoms with Gasteiger partial charge in [-0.1, -0.05) is 13.8 Å². The first-order valence-electron chi connectivity index (χ1n) is 5.99. The molecule has 0 aromatic carbocycles. The van der Waals surface area contributed by atoms with Crippen LogP contribution in [0.25, 0.3) is 0 Å². The minimum atomic E-state index is -0.835. The van der Waals surface area contributed by atoms with E-state index in [1.807, 2.05) is 6.92 Å². The van der Waals surface area contributed by atoms with Crippen LogP contribution in [0, 0.1) is 6.92 Å². The van der Waals surface area contributed by atoms with Crippen LogP contribution in [-0.4, -0.2) is 16.6 Å². The second kappa shape index (κ2) is 5.65. The first kappa shape index (κ1) is 14.2. The third-order valence-corrected chi connectivity index (χ3v) is 4.58. The van der Waals surface area contributed by atoms with Gasteiger partial charge in [0.25, 0.3) is 0 Å². The number of carboxylic acids is 1. The van der Waals surface area contributed by atoms with E-state index in [2.05, 4.69) is 26.1 Å². The molecule has 1 rings (SSSR count). The summed E-state index contributed by atoms with van der Waals surface area (Å²) in [6.45, 7) is 9.25. The van der Waals surface area contributed by atoms with Crippen LogP contribution in [0.3, 0.4) is 0 Å². The van der Waals surface area contributed by atoms with Crippen molar-refractivity contribution in [1.29, 1.82) is 0 Å². The van der Waals surface area contributed by atoms with E-state index in [1.165, 1.54) is 11.3 Å².